The number of rotatable bonds is 3. The Hall–Kier alpha value is -1.32. The summed E-state index contributed by atoms with van der Waals surface area (Å²) < 4.78 is 1.78. The Morgan fingerprint density at radius 1 is 1.41 bits per heavy atom. The molecule has 2 aromatic rings. The van der Waals surface area contributed by atoms with E-state index in [0.717, 1.165) is 23.4 Å². The minimum Gasteiger partial charge on any atom is -0.382 e. The van der Waals surface area contributed by atoms with Gasteiger partial charge in [-0.2, -0.15) is 5.10 Å². The second-order valence-corrected chi connectivity index (χ2v) is 4.41. The fraction of sp³-hybridized carbons (Fsp3) is 0.308. The van der Waals surface area contributed by atoms with Crippen molar-refractivity contribution in [3.63, 3.8) is 0 Å². The molecule has 90 valence electrons. The Balaban J connectivity index is 2.43. The van der Waals surface area contributed by atoms with Gasteiger partial charge in [-0.25, -0.2) is 0 Å². The Labute approximate surface area is 106 Å². The standard InChI is InChI=1S/C13H15ClN2O/c1-3-16-12(6-7-15-16)13(17)11-8-10(14)5-4-9(11)2/h4-8,13,17H,3H2,1-2H3. The maximum absolute atomic E-state index is 10.4. The topological polar surface area (TPSA) is 38.0 Å². The van der Waals surface area contributed by atoms with E-state index >= 15 is 0 Å². The lowest BCUT2D eigenvalue weighted by Gasteiger charge is -2.15. The highest BCUT2D eigenvalue weighted by atomic mass is 35.5. The first kappa shape index (κ1) is 12.1. The van der Waals surface area contributed by atoms with Crippen LogP contribution in [0.2, 0.25) is 5.02 Å². The number of aliphatic hydroxyl groups is 1. The Morgan fingerprint density at radius 2 is 2.18 bits per heavy atom. The molecule has 1 aromatic carbocycles. The predicted molar refractivity (Wildman–Crippen MR) is 68.2 cm³/mol. The molecule has 4 heteroatoms. The lowest BCUT2D eigenvalue weighted by atomic mass is 10.0. The van der Waals surface area contributed by atoms with Crippen molar-refractivity contribution in [3.05, 3.63) is 52.3 Å². The van der Waals surface area contributed by atoms with Crippen molar-refractivity contribution in [2.24, 2.45) is 0 Å². The molecule has 1 atom stereocenters. The van der Waals surface area contributed by atoms with E-state index in [0.29, 0.717) is 5.02 Å². The predicted octanol–water partition coefficient (Wildman–Crippen LogP) is 2.95. The summed E-state index contributed by atoms with van der Waals surface area (Å²) in [6.45, 7) is 4.69. The number of nitrogens with zero attached hydrogens (tertiary/aromatic N) is 2. The fourth-order valence-electron chi connectivity index (χ4n) is 1.90. The average Bonchev–Trinajstić information content (AvgIpc) is 2.79. The fourth-order valence-corrected chi connectivity index (χ4v) is 2.09. The molecule has 1 aromatic heterocycles. The average molecular weight is 251 g/mol. The van der Waals surface area contributed by atoms with Crippen LogP contribution in [0.5, 0.6) is 0 Å². The molecule has 0 bridgehead atoms. The Kier molecular flexibility index (Phi) is 3.50. The van der Waals surface area contributed by atoms with E-state index in [1.54, 1.807) is 16.9 Å². The highest BCUT2D eigenvalue weighted by Gasteiger charge is 2.16. The molecule has 0 spiro atoms. The van der Waals surface area contributed by atoms with Crippen LogP contribution in [0.1, 0.15) is 29.8 Å². The van der Waals surface area contributed by atoms with Crippen LogP contribution in [0.4, 0.5) is 0 Å². The first-order valence-electron chi connectivity index (χ1n) is 5.59. The number of aryl methyl sites for hydroxylation is 2. The summed E-state index contributed by atoms with van der Waals surface area (Å²) >= 11 is 5.96. The molecule has 0 radical (unpaired) electrons. The molecule has 0 saturated carbocycles. The lowest BCUT2D eigenvalue weighted by molar-refractivity contribution is 0.207. The second kappa shape index (κ2) is 4.90. The Morgan fingerprint density at radius 3 is 2.88 bits per heavy atom. The van der Waals surface area contributed by atoms with Gasteiger partial charge in [0, 0.05) is 17.8 Å². The SMILES string of the molecule is CCn1nccc1C(O)c1cc(Cl)ccc1C. The van der Waals surface area contributed by atoms with Crippen LogP contribution in [0.25, 0.3) is 0 Å². The third-order valence-electron chi connectivity index (χ3n) is 2.86. The molecular weight excluding hydrogens is 236 g/mol. The molecule has 2 rings (SSSR count). The van der Waals surface area contributed by atoms with Gasteiger partial charge >= 0.3 is 0 Å². The van der Waals surface area contributed by atoms with E-state index in [4.69, 9.17) is 11.6 Å². The van der Waals surface area contributed by atoms with Gasteiger partial charge in [-0.1, -0.05) is 17.7 Å². The quantitative estimate of drug-likeness (QED) is 0.910. The van der Waals surface area contributed by atoms with Crippen molar-refractivity contribution >= 4 is 11.6 Å². The smallest absolute Gasteiger partial charge is 0.121 e. The van der Waals surface area contributed by atoms with Crippen molar-refractivity contribution in [2.45, 2.75) is 26.5 Å². The van der Waals surface area contributed by atoms with Crippen molar-refractivity contribution in [3.8, 4) is 0 Å². The molecule has 1 heterocycles. The summed E-state index contributed by atoms with van der Waals surface area (Å²) in [5, 5.41) is 15.2. The van der Waals surface area contributed by atoms with Gasteiger partial charge in [0.1, 0.15) is 6.10 Å². The van der Waals surface area contributed by atoms with Crippen LogP contribution in [-0.2, 0) is 6.54 Å². The van der Waals surface area contributed by atoms with Gasteiger partial charge in [-0.15, -0.1) is 0 Å². The maximum atomic E-state index is 10.4. The van der Waals surface area contributed by atoms with Crippen LogP contribution in [0.3, 0.4) is 0 Å². The summed E-state index contributed by atoms with van der Waals surface area (Å²) in [7, 11) is 0. The molecule has 0 saturated heterocycles. The summed E-state index contributed by atoms with van der Waals surface area (Å²) in [5.41, 5.74) is 2.64. The largest absolute Gasteiger partial charge is 0.382 e. The molecular formula is C13H15ClN2O. The molecule has 0 aliphatic carbocycles. The normalized spacial score (nSPS) is 12.7. The van der Waals surface area contributed by atoms with Gasteiger partial charge in [0.25, 0.3) is 0 Å². The van der Waals surface area contributed by atoms with Crippen molar-refractivity contribution in [1.29, 1.82) is 0 Å². The van der Waals surface area contributed by atoms with Gasteiger partial charge in [-0.3, -0.25) is 4.68 Å². The first-order valence-corrected chi connectivity index (χ1v) is 5.97. The monoisotopic (exact) mass is 250 g/mol. The van der Waals surface area contributed by atoms with Gasteiger partial charge < -0.3 is 5.11 Å². The van der Waals surface area contributed by atoms with Crippen LogP contribution in [-0.4, -0.2) is 14.9 Å². The molecule has 3 nitrogen and oxygen atoms in total. The number of hydrogen-bond donors (Lipinski definition) is 1. The molecule has 1 unspecified atom stereocenters. The maximum Gasteiger partial charge on any atom is 0.121 e. The number of halogens is 1. The van der Waals surface area contributed by atoms with E-state index < -0.39 is 6.10 Å². The van der Waals surface area contributed by atoms with Crippen molar-refractivity contribution in [1.82, 2.24) is 9.78 Å². The first-order chi connectivity index (χ1) is 8.13. The highest BCUT2D eigenvalue weighted by Crippen LogP contribution is 2.27. The third kappa shape index (κ3) is 2.35. The van der Waals surface area contributed by atoms with Gasteiger partial charge in [0.05, 0.1) is 5.69 Å². The minimum atomic E-state index is -0.684. The summed E-state index contributed by atoms with van der Waals surface area (Å²) in [6, 6.07) is 7.36. The Bertz CT molecular complexity index is 522. The van der Waals surface area contributed by atoms with E-state index in [1.165, 1.54) is 0 Å². The van der Waals surface area contributed by atoms with E-state index in [1.807, 2.05) is 32.0 Å². The zero-order valence-electron chi connectivity index (χ0n) is 9.89. The van der Waals surface area contributed by atoms with Crippen LogP contribution in [0, 0.1) is 6.92 Å². The van der Waals surface area contributed by atoms with Crippen molar-refractivity contribution < 1.29 is 5.11 Å². The molecule has 0 aliphatic heterocycles. The van der Waals surface area contributed by atoms with Gasteiger partial charge in [0.15, 0.2) is 0 Å². The second-order valence-electron chi connectivity index (χ2n) is 3.98. The molecule has 17 heavy (non-hydrogen) atoms. The highest BCUT2D eigenvalue weighted by molar-refractivity contribution is 6.30. The van der Waals surface area contributed by atoms with Crippen molar-refractivity contribution in [2.75, 3.05) is 0 Å². The van der Waals surface area contributed by atoms with Gasteiger partial charge in [-0.05, 0) is 43.2 Å². The lowest BCUT2D eigenvalue weighted by Crippen LogP contribution is -2.10. The molecule has 0 amide bonds. The molecule has 0 fully saturated rings. The number of benzene rings is 1. The van der Waals surface area contributed by atoms with Gasteiger partial charge in [0.2, 0.25) is 0 Å². The van der Waals surface area contributed by atoms with Crippen LogP contribution in [0.15, 0.2) is 30.5 Å². The van der Waals surface area contributed by atoms with E-state index in [9.17, 15) is 5.11 Å². The van der Waals surface area contributed by atoms with Crippen LogP contribution >= 0.6 is 11.6 Å². The minimum absolute atomic E-state index is 0.632. The summed E-state index contributed by atoms with van der Waals surface area (Å²) in [5.74, 6) is 0. The molecule has 0 aliphatic rings. The van der Waals surface area contributed by atoms with E-state index in [2.05, 4.69) is 5.10 Å². The number of aliphatic hydroxyl groups excluding tert-OH is 1. The zero-order valence-corrected chi connectivity index (χ0v) is 10.6. The van der Waals surface area contributed by atoms with Crippen LogP contribution < -0.4 is 0 Å². The number of aromatic nitrogens is 2. The molecule has 1 N–H and O–H groups in total. The summed E-state index contributed by atoms with van der Waals surface area (Å²) in [6.07, 6.45) is 1.01. The number of hydrogen-bond acceptors (Lipinski definition) is 2. The van der Waals surface area contributed by atoms with E-state index in [-0.39, 0.29) is 0 Å². The summed E-state index contributed by atoms with van der Waals surface area (Å²) in [4.78, 5) is 0. The third-order valence-corrected chi connectivity index (χ3v) is 3.10. The zero-order chi connectivity index (χ0) is 12.4.